The lowest BCUT2D eigenvalue weighted by Gasteiger charge is -2.16. The molecule has 0 aromatic carbocycles. The van der Waals surface area contributed by atoms with Crippen LogP contribution in [0.15, 0.2) is 0 Å². The Labute approximate surface area is 110 Å². The van der Waals surface area contributed by atoms with Crippen LogP contribution in [0, 0.1) is 0 Å². The van der Waals surface area contributed by atoms with E-state index in [2.05, 4.69) is 10.6 Å². The molecule has 1 rings (SSSR count). The predicted octanol–water partition coefficient (Wildman–Crippen LogP) is -1.26. The second-order valence-corrected chi connectivity index (χ2v) is 4.31. The average Bonchev–Trinajstić information content (AvgIpc) is 2.89. The molecule has 1 aliphatic rings. The molecule has 0 aromatic heterocycles. The second-order valence-electron chi connectivity index (χ2n) is 4.31. The average molecular weight is 273 g/mol. The lowest BCUT2D eigenvalue weighted by Crippen LogP contribution is -2.48. The van der Waals surface area contributed by atoms with Crippen LogP contribution >= 0.6 is 0 Å². The minimum Gasteiger partial charge on any atom is -0.480 e. The summed E-state index contributed by atoms with van der Waals surface area (Å²) in [5, 5.41) is 21.8. The zero-order valence-electron chi connectivity index (χ0n) is 10.6. The summed E-state index contributed by atoms with van der Waals surface area (Å²) in [7, 11) is 0. The fourth-order valence-electron chi connectivity index (χ4n) is 1.80. The SMILES string of the molecule is O=C(NCCC(=O)N1CCCC1)NC(CO)C(=O)O. The van der Waals surface area contributed by atoms with E-state index >= 15 is 0 Å². The van der Waals surface area contributed by atoms with Crippen molar-refractivity contribution in [1.29, 1.82) is 0 Å². The number of rotatable bonds is 6. The van der Waals surface area contributed by atoms with Crippen LogP contribution in [0.5, 0.6) is 0 Å². The number of hydrogen-bond acceptors (Lipinski definition) is 4. The van der Waals surface area contributed by atoms with E-state index < -0.39 is 24.6 Å². The highest BCUT2D eigenvalue weighted by Gasteiger charge is 2.20. The summed E-state index contributed by atoms with van der Waals surface area (Å²) in [4.78, 5) is 35.2. The Balaban J connectivity index is 2.19. The minimum absolute atomic E-state index is 0.0188. The van der Waals surface area contributed by atoms with E-state index in [0.29, 0.717) is 0 Å². The molecule has 1 aliphatic heterocycles. The van der Waals surface area contributed by atoms with Crippen LogP contribution < -0.4 is 10.6 Å². The van der Waals surface area contributed by atoms with Gasteiger partial charge in [0, 0.05) is 26.1 Å². The summed E-state index contributed by atoms with van der Waals surface area (Å²) in [5.41, 5.74) is 0. The number of nitrogens with zero attached hydrogens (tertiary/aromatic N) is 1. The zero-order chi connectivity index (χ0) is 14.3. The van der Waals surface area contributed by atoms with E-state index in [1.807, 2.05) is 0 Å². The van der Waals surface area contributed by atoms with Gasteiger partial charge in [-0.25, -0.2) is 9.59 Å². The van der Waals surface area contributed by atoms with Crippen LogP contribution in [0.2, 0.25) is 0 Å². The molecule has 8 heteroatoms. The number of aliphatic carboxylic acids is 1. The molecule has 8 nitrogen and oxygen atoms in total. The van der Waals surface area contributed by atoms with Crippen molar-refractivity contribution in [2.75, 3.05) is 26.2 Å². The Morgan fingerprint density at radius 3 is 2.37 bits per heavy atom. The van der Waals surface area contributed by atoms with Crippen molar-refractivity contribution in [2.24, 2.45) is 0 Å². The van der Waals surface area contributed by atoms with Gasteiger partial charge in [0.05, 0.1) is 6.61 Å². The molecule has 0 spiro atoms. The van der Waals surface area contributed by atoms with Gasteiger partial charge >= 0.3 is 12.0 Å². The van der Waals surface area contributed by atoms with E-state index in [-0.39, 0.29) is 18.9 Å². The van der Waals surface area contributed by atoms with E-state index in [1.165, 1.54) is 0 Å². The number of likely N-dealkylation sites (tertiary alicyclic amines) is 1. The lowest BCUT2D eigenvalue weighted by molar-refractivity contribution is -0.140. The molecule has 4 N–H and O–H groups in total. The summed E-state index contributed by atoms with van der Waals surface area (Å²) in [6.45, 7) is 0.974. The van der Waals surface area contributed by atoms with Crippen LogP contribution in [0.1, 0.15) is 19.3 Å². The number of carboxylic acids is 1. The molecule has 1 heterocycles. The van der Waals surface area contributed by atoms with Gasteiger partial charge in [-0.15, -0.1) is 0 Å². The third-order valence-corrected chi connectivity index (χ3v) is 2.87. The molecule has 0 bridgehead atoms. The van der Waals surface area contributed by atoms with Crippen LogP contribution in [-0.4, -0.2) is 65.3 Å². The molecule has 1 unspecified atom stereocenters. The van der Waals surface area contributed by atoms with Crippen molar-refractivity contribution >= 4 is 17.9 Å². The number of aliphatic hydroxyl groups is 1. The van der Waals surface area contributed by atoms with E-state index in [1.54, 1.807) is 4.90 Å². The Morgan fingerprint density at radius 2 is 1.84 bits per heavy atom. The van der Waals surface area contributed by atoms with Gasteiger partial charge in [0.1, 0.15) is 0 Å². The minimum atomic E-state index is -1.34. The topological polar surface area (TPSA) is 119 Å². The molecule has 108 valence electrons. The molecule has 0 aliphatic carbocycles. The van der Waals surface area contributed by atoms with E-state index in [9.17, 15) is 14.4 Å². The normalized spacial score (nSPS) is 15.9. The molecular weight excluding hydrogens is 254 g/mol. The molecule has 0 aromatic rings. The maximum Gasteiger partial charge on any atom is 0.328 e. The fourth-order valence-corrected chi connectivity index (χ4v) is 1.80. The van der Waals surface area contributed by atoms with Crippen LogP contribution in [0.4, 0.5) is 4.79 Å². The number of urea groups is 1. The van der Waals surface area contributed by atoms with Crippen molar-refractivity contribution in [3.8, 4) is 0 Å². The van der Waals surface area contributed by atoms with Crippen LogP contribution in [-0.2, 0) is 9.59 Å². The molecule has 0 saturated carbocycles. The molecule has 1 fully saturated rings. The van der Waals surface area contributed by atoms with E-state index in [4.69, 9.17) is 10.2 Å². The van der Waals surface area contributed by atoms with Crippen molar-refractivity contribution < 1.29 is 24.6 Å². The third kappa shape index (κ3) is 5.12. The first-order valence-electron chi connectivity index (χ1n) is 6.20. The highest BCUT2D eigenvalue weighted by Crippen LogP contribution is 2.08. The molecule has 19 heavy (non-hydrogen) atoms. The van der Waals surface area contributed by atoms with Crippen LogP contribution in [0.25, 0.3) is 0 Å². The molecule has 3 amide bonds. The van der Waals surface area contributed by atoms with E-state index in [0.717, 1.165) is 25.9 Å². The summed E-state index contributed by atoms with van der Waals surface area (Å²) < 4.78 is 0. The maximum atomic E-state index is 11.6. The lowest BCUT2D eigenvalue weighted by atomic mass is 10.3. The summed E-state index contributed by atoms with van der Waals surface area (Å²) in [5.74, 6) is -1.33. The summed E-state index contributed by atoms with van der Waals surface area (Å²) >= 11 is 0. The first-order chi connectivity index (χ1) is 9.04. The highest BCUT2D eigenvalue weighted by molar-refractivity contribution is 5.83. The Hall–Kier alpha value is -1.83. The maximum absolute atomic E-state index is 11.6. The van der Waals surface area contributed by atoms with Crippen molar-refractivity contribution in [1.82, 2.24) is 15.5 Å². The van der Waals surface area contributed by atoms with Gasteiger partial charge in [-0.3, -0.25) is 4.79 Å². The van der Waals surface area contributed by atoms with Crippen molar-refractivity contribution in [3.05, 3.63) is 0 Å². The largest absolute Gasteiger partial charge is 0.480 e. The Bertz CT molecular complexity index is 341. The highest BCUT2D eigenvalue weighted by atomic mass is 16.4. The number of nitrogens with one attached hydrogen (secondary N) is 2. The summed E-state index contributed by atoms with van der Waals surface area (Å²) in [6, 6.07) is -2.05. The first-order valence-corrected chi connectivity index (χ1v) is 6.20. The standard InChI is InChI=1S/C11H19N3O5/c15-7-8(10(17)18)13-11(19)12-4-3-9(16)14-5-1-2-6-14/h8,15H,1-7H2,(H,17,18)(H2,12,13,19). The summed E-state index contributed by atoms with van der Waals surface area (Å²) in [6.07, 6.45) is 2.21. The monoisotopic (exact) mass is 273 g/mol. The second kappa shape index (κ2) is 7.57. The Kier molecular flexibility index (Phi) is 6.07. The van der Waals surface area contributed by atoms with Gasteiger partial charge in [0.2, 0.25) is 5.91 Å². The quantitative estimate of drug-likeness (QED) is 0.482. The number of amides is 3. The molecule has 1 atom stereocenters. The number of aliphatic hydroxyl groups excluding tert-OH is 1. The third-order valence-electron chi connectivity index (χ3n) is 2.87. The molecule has 0 radical (unpaired) electrons. The molecule has 1 saturated heterocycles. The first kappa shape index (κ1) is 15.2. The van der Waals surface area contributed by atoms with Gasteiger partial charge in [0.25, 0.3) is 0 Å². The van der Waals surface area contributed by atoms with Gasteiger partial charge in [-0.1, -0.05) is 0 Å². The van der Waals surface area contributed by atoms with Crippen molar-refractivity contribution in [3.63, 3.8) is 0 Å². The predicted molar refractivity (Wildman–Crippen MR) is 65.5 cm³/mol. The Morgan fingerprint density at radius 1 is 1.21 bits per heavy atom. The smallest absolute Gasteiger partial charge is 0.328 e. The number of hydrogen-bond donors (Lipinski definition) is 4. The van der Waals surface area contributed by atoms with Crippen molar-refractivity contribution in [2.45, 2.75) is 25.3 Å². The number of carbonyl (C=O) groups excluding carboxylic acids is 2. The number of carboxylic acid groups (broad SMARTS) is 1. The van der Waals surface area contributed by atoms with Gasteiger partial charge in [0.15, 0.2) is 6.04 Å². The number of carbonyl (C=O) groups is 3. The fraction of sp³-hybridized carbons (Fsp3) is 0.727. The van der Waals surface area contributed by atoms with Crippen LogP contribution in [0.3, 0.4) is 0 Å². The van der Waals surface area contributed by atoms with Gasteiger partial charge in [-0.05, 0) is 12.8 Å². The van der Waals surface area contributed by atoms with Gasteiger partial charge < -0.3 is 25.7 Å². The zero-order valence-corrected chi connectivity index (χ0v) is 10.6. The van der Waals surface area contributed by atoms with Gasteiger partial charge in [-0.2, -0.15) is 0 Å². The molecular formula is C11H19N3O5.